The summed E-state index contributed by atoms with van der Waals surface area (Å²) in [5, 5.41) is 9.77. The first kappa shape index (κ1) is 47.6. The zero-order valence-electron chi connectivity index (χ0n) is 37.0. The second kappa shape index (κ2) is 22.4. The fourth-order valence-corrected chi connectivity index (χ4v) is 7.49. The van der Waals surface area contributed by atoms with Crippen molar-refractivity contribution < 1.29 is 19.1 Å². The lowest BCUT2D eigenvalue weighted by Crippen LogP contribution is -2.45. The van der Waals surface area contributed by atoms with Gasteiger partial charge in [0.25, 0.3) is 5.91 Å². The predicted molar refractivity (Wildman–Crippen MR) is 241 cm³/mol. The van der Waals surface area contributed by atoms with E-state index in [0.29, 0.717) is 49.7 Å². The van der Waals surface area contributed by atoms with Gasteiger partial charge < -0.3 is 31.3 Å². The Hall–Kier alpha value is -4.73. The van der Waals surface area contributed by atoms with Gasteiger partial charge in [-0.25, -0.2) is 0 Å². The number of carbonyl (C=O) groups is 3. The molecule has 1 saturated heterocycles. The Balaban J connectivity index is 0.00000103. The zero-order chi connectivity index (χ0) is 43.0. The lowest BCUT2D eigenvalue weighted by atomic mass is 9.84. The predicted octanol–water partition coefficient (Wildman–Crippen LogP) is 9.00. The minimum atomic E-state index is -0.472. The molecule has 0 aromatic heterocycles. The highest BCUT2D eigenvalue weighted by Crippen LogP contribution is 2.34. The van der Waals surface area contributed by atoms with Crippen LogP contribution >= 0.6 is 0 Å². The Morgan fingerprint density at radius 1 is 0.983 bits per heavy atom. The van der Waals surface area contributed by atoms with Crippen LogP contribution in [0.4, 0.5) is 5.69 Å². The van der Waals surface area contributed by atoms with E-state index in [-0.39, 0.29) is 29.7 Å². The molecule has 2 heterocycles. The third-order valence-electron chi connectivity index (χ3n) is 10.7. The smallest absolute Gasteiger partial charge is 0.251 e. The third-order valence-corrected chi connectivity index (χ3v) is 10.7. The van der Waals surface area contributed by atoms with Gasteiger partial charge in [-0.05, 0) is 139 Å². The number of carbonyl (C=O) groups excluding carboxylic acids is 3. The average molecular weight is 794 g/mol. The molecular weight excluding hydrogens is 723 g/mol. The number of amides is 3. The maximum absolute atomic E-state index is 13.2. The monoisotopic (exact) mass is 794 g/mol. The number of nitrogens with two attached hydrogens (primary N) is 1. The number of hydrogen-bond acceptors (Lipinski definition) is 6. The van der Waals surface area contributed by atoms with Crippen LogP contribution < -0.4 is 26.6 Å². The summed E-state index contributed by atoms with van der Waals surface area (Å²) in [4.78, 5) is 40.4. The number of nitrogens with zero attached hydrogens (tertiary/aromatic N) is 1. The minimum Gasteiger partial charge on any atom is -0.399 e. The Morgan fingerprint density at radius 3 is 2.29 bits per heavy atom. The standard InChI is InChI=1S/C42H56N4O4.C5H9N.C2H6/c1-28-9-8-10-33(23-28)36-25-37(27-43-26-36)39(48)44-21-19-42(6,7)50-22-20-41(4,5)45-40(49)32-15-13-31(14-16-32)34-17-18-38-35(24-34)12-11-29(2)46(38)30(3)47;1-3-4-5(2)6;1-2/h8-10,13-18,23-24,29,36-37,43H,11-12,19-22,25-27H2,1-7H3,(H,44,48)(H,45,49);3-4H,2,6H2,1H3;1-2H3/b;4-3-;/t29-,36?,37?;;/m0../s1. The fraction of sp³-hybridized carbons (Fsp3) is 0.490. The lowest BCUT2D eigenvalue weighted by molar-refractivity contribution is -0.126. The summed E-state index contributed by atoms with van der Waals surface area (Å²) in [5.41, 5.74) is 12.3. The van der Waals surface area contributed by atoms with Crippen LogP contribution in [0.1, 0.15) is 121 Å². The number of nitrogens with one attached hydrogen (secondary N) is 3. The molecule has 58 heavy (non-hydrogen) atoms. The summed E-state index contributed by atoms with van der Waals surface area (Å²) >= 11 is 0. The van der Waals surface area contributed by atoms with Gasteiger partial charge in [-0.3, -0.25) is 14.4 Å². The quantitative estimate of drug-likeness (QED) is 0.128. The van der Waals surface area contributed by atoms with E-state index in [1.165, 1.54) is 16.7 Å². The molecule has 0 spiro atoms. The number of fused-ring (bicyclic) bond motifs is 1. The van der Waals surface area contributed by atoms with E-state index in [4.69, 9.17) is 10.5 Å². The highest BCUT2D eigenvalue weighted by molar-refractivity contribution is 5.96. The first-order valence-corrected chi connectivity index (χ1v) is 21.1. The van der Waals surface area contributed by atoms with E-state index in [1.807, 2.05) is 89.8 Å². The van der Waals surface area contributed by atoms with E-state index in [1.54, 1.807) is 13.0 Å². The molecule has 5 rings (SSSR count). The second-order valence-corrected chi connectivity index (χ2v) is 16.7. The van der Waals surface area contributed by atoms with Crippen molar-refractivity contribution in [2.75, 3.05) is 31.1 Å². The van der Waals surface area contributed by atoms with Crippen LogP contribution in [0.25, 0.3) is 11.1 Å². The molecule has 2 unspecified atom stereocenters. The number of ether oxygens (including phenoxy) is 1. The Bertz CT molecular complexity index is 1850. The van der Waals surface area contributed by atoms with Crippen molar-refractivity contribution in [2.24, 2.45) is 11.7 Å². The van der Waals surface area contributed by atoms with Gasteiger partial charge in [0, 0.05) is 61.7 Å². The SMILES string of the molecule is C=C(N)/C=C\C.CC.CC(=O)N1c2ccc(-c3ccc(C(=O)NC(C)(C)CCOC(C)(C)CCNC(=O)C4CNCC(c5cccc(C)c5)C4)cc3)cc2CC[C@@H]1C. The normalized spacial score (nSPS) is 17.8. The van der Waals surface area contributed by atoms with Gasteiger partial charge in [0.1, 0.15) is 0 Å². The molecule has 5 N–H and O–H groups in total. The molecule has 9 heteroatoms. The summed E-state index contributed by atoms with van der Waals surface area (Å²) in [6, 6.07) is 22.7. The van der Waals surface area contributed by atoms with Crippen molar-refractivity contribution in [2.45, 2.75) is 124 Å². The van der Waals surface area contributed by atoms with Crippen molar-refractivity contribution in [1.29, 1.82) is 0 Å². The van der Waals surface area contributed by atoms with Gasteiger partial charge >= 0.3 is 0 Å². The third kappa shape index (κ3) is 14.6. The molecule has 3 aromatic rings. The fourth-order valence-electron chi connectivity index (χ4n) is 7.49. The van der Waals surface area contributed by atoms with Crippen LogP contribution in [0.15, 0.2) is 91.2 Å². The summed E-state index contributed by atoms with van der Waals surface area (Å²) in [7, 11) is 0. The molecule has 2 aliphatic rings. The Labute approximate surface area is 349 Å². The number of anilines is 1. The van der Waals surface area contributed by atoms with Crippen molar-refractivity contribution >= 4 is 23.4 Å². The van der Waals surface area contributed by atoms with E-state index in [0.717, 1.165) is 42.6 Å². The van der Waals surface area contributed by atoms with Crippen LogP contribution in [-0.4, -0.2) is 61.1 Å². The number of piperidine rings is 1. The van der Waals surface area contributed by atoms with Crippen LogP contribution in [0.3, 0.4) is 0 Å². The number of hydrogen-bond donors (Lipinski definition) is 4. The molecule has 3 amide bonds. The largest absolute Gasteiger partial charge is 0.399 e. The molecule has 0 aliphatic carbocycles. The summed E-state index contributed by atoms with van der Waals surface area (Å²) in [6.45, 7) is 25.9. The molecule has 1 fully saturated rings. The summed E-state index contributed by atoms with van der Waals surface area (Å²) in [6.07, 6.45) is 7.67. The maximum atomic E-state index is 13.2. The molecule has 316 valence electrons. The van der Waals surface area contributed by atoms with Gasteiger partial charge in [-0.1, -0.05) is 74.5 Å². The molecule has 3 atom stereocenters. The van der Waals surface area contributed by atoms with Gasteiger partial charge in [0.05, 0.1) is 11.5 Å². The number of rotatable bonds is 13. The summed E-state index contributed by atoms with van der Waals surface area (Å²) in [5.74, 6) is 0.337. The molecule has 0 saturated carbocycles. The van der Waals surface area contributed by atoms with Crippen molar-refractivity contribution in [3.8, 4) is 11.1 Å². The lowest BCUT2D eigenvalue weighted by Gasteiger charge is -2.34. The highest BCUT2D eigenvalue weighted by Gasteiger charge is 2.30. The van der Waals surface area contributed by atoms with Gasteiger partial charge in [-0.15, -0.1) is 0 Å². The van der Waals surface area contributed by atoms with E-state index in [2.05, 4.69) is 72.8 Å². The molecule has 0 radical (unpaired) electrons. The molecule has 0 bridgehead atoms. The topological polar surface area (TPSA) is 126 Å². The van der Waals surface area contributed by atoms with E-state index in [9.17, 15) is 14.4 Å². The van der Waals surface area contributed by atoms with E-state index < -0.39 is 11.1 Å². The van der Waals surface area contributed by atoms with Crippen LogP contribution in [-0.2, 0) is 20.7 Å². The van der Waals surface area contributed by atoms with Crippen molar-refractivity contribution in [3.05, 3.63) is 113 Å². The van der Waals surface area contributed by atoms with Crippen LogP contribution in [0.5, 0.6) is 0 Å². The first-order chi connectivity index (χ1) is 27.5. The number of aryl methyl sites for hydroxylation is 2. The van der Waals surface area contributed by atoms with Crippen molar-refractivity contribution in [3.63, 3.8) is 0 Å². The van der Waals surface area contributed by atoms with Gasteiger partial charge in [0.2, 0.25) is 11.8 Å². The van der Waals surface area contributed by atoms with Gasteiger partial charge in [-0.2, -0.15) is 0 Å². The number of allylic oxidation sites excluding steroid dienone is 2. The highest BCUT2D eigenvalue weighted by atomic mass is 16.5. The molecule has 9 nitrogen and oxygen atoms in total. The zero-order valence-corrected chi connectivity index (χ0v) is 37.0. The van der Waals surface area contributed by atoms with Crippen molar-refractivity contribution in [1.82, 2.24) is 16.0 Å². The van der Waals surface area contributed by atoms with Crippen LogP contribution in [0, 0.1) is 12.8 Å². The second-order valence-electron chi connectivity index (χ2n) is 16.7. The minimum absolute atomic E-state index is 0.0494. The summed E-state index contributed by atoms with van der Waals surface area (Å²) < 4.78 is 6.26. The van der Waals surface area contributed by atoms with Gasteiger partial charge in [0.15, 0.2) is 0 Å². The Kier molecular flexibility index (Phi) is 18.4. The average Bonchev–Trinajstić information content (AvgIpc) is 3.18. The van der Waals surface area contributed by atoms with Crippen LogP contribution in [0.2, 0.25) is 0 Å². The Morgan fingerprint density at radius 2 is 1.67 bits per heavy atom. The molecule has 2 aliphatic heterocycles. The van der Waals surface area contributed by atoms with E-state index >= 15 is 0 Å². The first-order valence-electron chi connectivity index (χ1n) is 21.1. The molecular formula is C49H71N5O4. The molecule has 3 aromatic carbocycles. The maximum Gasteiger partial charge on any atom is 0.251 e. The number of benzene rings is 3.